The van der Waals surface area contributed by atoms with E-state index >= 15 is 0 Å². The molecule has 0 atom stereocenters. The van der Waals surface area contributed by atoms with Crippen LogP contribution in [0.4, 0.5) is 0 Å². The number of hydrogen-bond donors (Lipinski definition) is 2. The topological polar surface area (TPSA) is 77.4 Å². The minimum absolute atomic E-state index is 0. The Labute approximate surface area is 63.7 Å². The van der Waals surface area contributed by atoms with Crippen LogP contribution in [0.5, 0.6) is 0 Å². The fraction of sp³-hybridized carbons (Fsp3) is 0. The van der Waals surface area contributed by atoms with E-state index in [4.69, 9.17) is 9.35 Å². The standard InChI is InChI=1S/CH4O4S.Na/c2-1-6(3,4)5;/h1,6H,(H2,3,4,5);/q;+1/p-1. The van der Waals surface area contributed by atoms with Crippen LogP contribution >= 0.6 is 0 Å². The second-order valence-electron chi connectivity index (χ2n) is 0.670. The second kappa shape index (κ2) is 3.71. The summed E-state index contributed by atoms with van der Waals surface area (Å²) in [5.41, 5.74) is -0.507. The molecule has 0 aliphatic heterocycles. The molecule has 0 rings (SSSR count). The van der Waals surface area contributed by atoms with E-state index < -0.39 is 16.1 Å². The van der Waals surface area contributed by atoms with E-state index in [-0.39, 0.29) is 29.6 Å². The molecule has 0 fully saturated rings. The summed E-state index contributed by atoms with van der Waals surface area (Å²) < 4.78 is 25.9. The van der Waals surface area contributed by atoms with E-state index in [1.165, 1.54) is 0 Å². The van der Waals surface area contributed by atoms with Gasteiger partial charge in [0, 0.05) is 0 Å². The van der Waals surface area contributed by atoms with Gasteiger partial charge >= 0.3 is 29.6 Å². The van der Waals surface area contributed by atoms with Crippen LogP contribution in [-0.4, -0.2) is 18.9 Å². The fourth-order valence-corrected chi connectivity index (χ4v) is 0. The molecule has 0 heterocycles. The van der Waals surface area contributed by atoms with Gasteiger partial charge in [0.2, 0.25) is 0 Å². The van der Waals surface area contributed by atoms with Crippen molar-refractivity contribution >= 4 is 16.1 Å². The van der Waals surface area contributed by atoms with Crippen LogP contribution in [0.15, 0.2) is 0 Å². The van der Waals surface area contributed by atoms with E-state index in [1.54, 1.807) is 0 Å². The van der Waals surface area contributed by atoms with E-state index in [1.807, 2.05) is 0 Å². The molecule has 0 radical (unpaired) electrons. The predicted octanol–water partition coefficient (Wildman–Crippen LogP) is -4.20. The van der Waals surface area contributed by atoms with Gasteiger partial charge < -0.3 is 9.11 Å². The van der Waals surface area contributed by atoms with Crippen LogP contribution in [-0.2, 0) is 15.3 Å². The SMILES string of the molecule is O=C[SH](=O)([O-])O.[Na+]. The minimum Gasteiger partial charge on any atom is -0.766 e. The first-order valence-electron chi connectivity index (χ1n) is 1.06. The molecule has 6 heteroatoms. The molecule has 0 aromatic carbocycles. The maximum Gasteiger partial charge on any atom is 1.00 e. The van der Waals surface area contributed by atoms with Gasteiger partial charge in [-0.1, -0.05) is 0 Å². The molecular weight excluding hydrogens is 131 g/mol. The molecule has 1 N–H and O–H groups in total. The summed E-state index contributed by atoms with van der Waals surface area (Å²) >= 11 is 0. The molecule has 0 saturated carbocycles. The monoisotopic (exact) mass is 134 g/mol. The van der Waals surface area contributed by atoms with Crippen LogP contribution in [0.2, 0.25) is 0 Å². The van der Waals surface area contributed by atoms with Crippen LogP contribution in [0, 0.1) is 0 Å². The molecular formula is CH3NaO4S. The van der Waals surface area contributed by atoms with Crippen LogP contribution < -0.4 is 29.6 Å². The average Bonchev–Trinajstić information content (AvgIpc) is 1.35. The molecule has 0 aliphatic rings. The molecule has 7 heavy (non-hydrogen) atoms. The van der Waals surface area contributed by atoms with Crippen molar-refractivity contribution in [3.05, 3.63) is 0 Å². The fourth-order valence-electron chi connectivity index (χ4n) is 0. The van der Waals surface area contributed by atoms with E-state index in [9.17, 15) is 8.76 Å². The summed E-state index contributed by atoms with van der Waals surface area (Å²) in [5, 5.41) is 0. The average molecular weight is 134 g/mol. The van der Waals surface area contributed by atoms with Crippen LogP contribution in [0.25, 0.3) is 0 Å². The number of hydrogen-bond acceptors (Lipinski definition) is 3. The van der Waals surface area contributed by atoms with E-state index in [2.05, 4.69) is 0 Å². The van der Waals surface area contributed by atoms with Gasteiger partial charge in [-0.05, 0) is 10.5 Å². The van der Waals surface area contributed by atoms with Crippen LogP contribution in [0.1, 0.15) is 0 Å². The van der Waals surface area contributed by atoms with Gasteiger partial charge in [-0.3, -0.25) is 9.00 Å². The summed E-state index contributed by atoms with van der Waals surface area (Å²) in [5.74, 6) is 0. The summed E-state index contributed by atoms with van der Waals surface area (Å²) in [4.78, 5) is 9.00. The molecule has 0 spiro atoms. The van der Waals surface area contributed by atoms with E-state index in [0.29, 0.717) is 0 Å². The first kappa shape index (κ1) is 10.7. The van der Waals surface area contributed by atoms with Crippen molar-refractivity contribution in [2.45, 2.75) is 0 Å². The maximum absolute atomic E-state index is 9.22. The Bertz CT molecular complexity index is 93.9. The Morgan fingerprint density at radius 3 is 1.86 bits per heavy atom. The number of rotatable bonds is 1. The van der Waals surface area contributed by atoms with Crippen molar-refractivity contribution in [2.24, 2.45) is 0 Å². The Kier molecular flexibility index (Phi) is 5.65. The maximum atomic E-state index is 9.22. The van der Waals surface area contributed by atoms with Gasteiger partial charge in [0.25, 0.3) is 0 Å². The molecule has 0 aromatic rings. The molecule has 0 amide bonds. The van der Waals surface area contributed by atoms with Crippen LogP contribution in [0.3, 0.4) is 0 Å². The second-order valence-corrected chi connectivity index (χ2v) is 2.01. The number of carbonyl (C=O) groups is 1. The van der Waals surface area contributed by atoms with Gasteiger partial charge in [-0.2, -0.15) is 0 Å². The Hall–Kier alpha value is 0.740. The molecule has 0 bridgehead atoms. The Balaban J connectivity index is 0. The quantitative estimate of drug-likeness (QED) is 0.216. The summed E-state index contributed by atoms with van der Waals surface area (Å²) in [7, 11) is -4.58. The van der Waals surface area contributed by atoms with Crippen molar-refractivity contribution in [2.75, 3.05) is 0 Å². The number of carbonyl (C=O) groups excluding carboxylic acids is 1. The minimum atomic E-state index is -4.58. The van der Waals surface area contributed by atoms with Gasteiger partial charge in [0.15, 0.2) is 5.62 Å². The third-order valence-corrected chi connectivity index (χ3v) is 0.400. The van der Waals surface area contributed by atoms with Crippen molar-refractivity contribution in [3.63, 3.8) is 0 Å². The van der Waals surface area contributed by atoms with Gasteiger partial charge in [-0.25, -0.2) is 0 Å². The van der Waals surface area contributed by atoms with Crippen molar-refractivity contribution in [3.8, 4) is 0 Å². The van der Waals surface area contributed by atoms with Gasteiger partial charge in [-0.15, -0.1) is 0 Å². The summed E-state index contributed by atoms with van der Waals surface area (Å²) in [6.45, 7) is 0. The normalized spacial score (nSPS) is 11.7. The third kappa shape index (κ3) is 10.8. The van der Waals surface area contributed by atoms with Crippen molar-refractivity contribution < 1.29 is 47.7 Å². The molecule has 38 valence electrons. The smallest absolute Gasteiger partial charge is 0.766 e. The van der Waals surface area contributed by atoms with Gasteiger partial charge in [0.05, 0.1) is 0 Å². The molecule has 4 nitrogen and oxygen atoms in total. The molecule has 0 aliphatic carbocycles. The zero-order valence-corrected chi connectivity index (χ0v) is 6.59. The Morgan fingerprint density at radius 1 is 1.71 bits per heavy atom. The number of thiol groups is 1. The van der Waals surface area contributed by atoms with Crippen molar-refractivity contribution in [1.29, 1.82) is 0 Å². The molecule has 0 saturated heterocycles. The molecule has 0 unspecified atom stereocenters. The summed E-state index contributed by atoms with van der Waals surface area (Å²) in [6, 6.07) is 0. The largest absolute Gasteiger partial charge is 1.00 e. The van der Waals surface area contributed by atoms with Gasteiger partial charge in [0.1, 0.15) is 0 Å². The first-order chi connectivity index (χ1) is 2.56. The predicted molar refractivity (Wildman–Crippen MR) is 19.7 cm³/mol. The zero-order chi connectivity index (χ0) is 5.21. The van der Waals surface area contributed by atoms with E-state index in [0.717, 1.165) is 0 Å². The summed E-state index contributed by atoms with van der Waals surface area (Å²) in [6.07, 6.45) is 0. The third-order valence-electron chi connectivity index (χ3n) is 0.133. The molecule has 0 aromatic heterocycles. The Morgan fingerprint density at radius 2 is 1.86 bits per heavy atom. The van der Waals surface area contributed by atoms with Crippen molar-refractivity contribution in [1.82, 2.24) is 0 Å². The zero-order valence-electron chi connectivity index (χ0n) is 3.70. The first-order valence-corrected chi connectivity index (χ1v) is 2.71.